The van der Waals surface area contributed by atoms with Crippen molar-refractivity contribution in [3.05, 3.63) is 39.9 Å². The molecular formula is C11H15N3O3. The molecule has 0 saturated heterocycles. The van der Waals surface area contributed by atoms with Gasteiger partial charge in [-0.2, -0.15) is 0 Å². The summed E-state index contributed by atoms with van der Waals surface area (Å²) in [5.41, 5.74) is 6.37. The van der Waals surface area contributed by atoms with E-state index in [1.807, 2.05) is 6.92 Å². The molecule has 17 heavy (non-hydrogen) atoms. The number of non-ortho nitro benzene ring substituents is 1. The van der Waals surface area contributed by atoms with Crippen LogP contribution in [-0.2, 0) is 11.3 Å². The van der Waals surface area contributed by atoms with E-state index in [0.29, 0.717) is 13.0 Å². The number of nitro benzene ring substituents is 1. The van der Waals surface area contributed by atoms with Crippen molar-refractivity contribution in [3.63, 3.8) is 0 Å². The number of nitrogens with zero attached hydrogens (tertiary/aromatic N) is 1. The second kappa shape index (κ2) is 5.95. The van der Waals surface area contributed by atoms with Crippen molar-refractivity contribution in [2.75, 3.05) is 0 Å². The molecule has 92 valence electrons. The van der Waals surface area contributed by atoms with Gasteiger partial charge in [-0.1, -0.05) is 19.1 Å². The third kappa shape index (κ3) is 3.84. The number of benzene rings is 1. The van der Waals surface area contributed by atoms with Crippen LogP contribution in [0.1, 0.15) is 18.9 Å². The van der Waals surface area contributed by atoms with Gasteiger partial charge in [0.25, 0.3) is 5.69 Å². The summed E-state index contributed by atoms with van der Waals surface area (Å²) in [5.74, 6) is -0.217. The molecule has 6 heteroatoms. The molecule has 0 aliphatic heterocycles. The Bertz CT molecular complexity index is 403. The molecule has 1 aromatic rings. The van der Waals surface area contributed by atoms with Gasteiger partial charge in [0.05, 0.1) is 11.0 Å². The maximum absolute atomic E-state index is 11.4. The molecule has 0 fully saturated rings. The molecule has 0 aromatic heterocycles. The number of rotatable bonds is 5. The Hall–Kier alpha value is -1.95. The summed E-state index contributed by atoms with van der Waals surface area (Å²) in [5, 5.41) is 13.1. The van der Waals surface area contributed by atoms with Crippen LogP contribution in [0.5, 0.6) is 0 Å². The predicted molar refractivity (Wildman–Crippen MR) is 63.2 cm³/mol. The van der Waals surface area contributed by atoms with Crippen molar-refractivity contribution in [2.24, 2.45) is 5.73 Å². The van der Waals surface area contributed by atoms with Gasteiger partial charge >= 0.3 is 0 Å². The molecule has 3 N–H and O–H groups in total. The van der Waals surface area contributed by atoms with Crippen LogP contribution in [0.25, 0.3) is 0 Å². The summed E-state index contributed by atoms with van der Waals surface area (Å²) in [6.07, 6.45) is 0.575. The van der Waals surface area contributed by atoms with Crippen LogP contribution in [0.3, 0.4) is 0 Å². The highest BCUT2D eigenvalue weighted by Crippen LogP contribution is 2.11. The largest absolute Gasteiger partial charge is 0.351 e. The Morgan fingerprint density at radius 3 is 2.53 bits per heavy atom. The van der Waals surface area contributed by atoms with Crippen LogP contribution in [-0.4, -0.2) is 16.9 Å². The van der Waals surface area contributed by atoms with Gasteiger partial charge < -0.3 is 11.1 Å². The molecule has 0 unspecified atom stereocenters. The number of carbonyl (C=O) groups is 1. The second-order valence-electron chi connectivity index (χ2n) is 3.66. The van der Waals surface area contributed by atoms with Crippen molar-refractivity contribution in [3.8, 4) is 0 Å². The summed E-state index contributed by atoms with van der Waals surface area (Å²) in [4.78, 5) is 21.3. The monoisotopic (exact) mass is 237 g/mol. The Balaban J connectivity index is 2.53. The van der Waals surface area contributed by atoms with Gasteiger partial charge in [-0.25, -0.2) is 0 Å². The number of amides is 1. The van der Waals surface area contributed by atoms with Gasteiger partial charge in [0, 0.05) is 18.7 Å². The fourth-order valence-electron chi connectivity index (χ4n) is 1.24. The summed E-state index contributed by atoms with van der Waals surface area (Å²) in [6.45, 7) is 2.15. The lowest BCUT2D eigenvalue weighted by atomic mass is 10.2. The zero-order valence-electron chi connectivity index (χ0n) is 9.55. The van der Waals surface area contributed by atoms with Crippen LogP contribution < -0.4 is 11.1 Å². The van der Waals surface area contributed by atoms with Gasteiger partial charge in [0.2, 0.25) is 5.91 Å². The average molecular weight is 237 g/mol. The third-order valence-corrected chi connectivity index (χ3v) is 2.39. The highest BCUT2D eigenvalue weighted by atomic mass is 16.6. The first kappa shape index (κ1) is 13.1. The molecular weight excluding hydrogens is 222 g/mol. The summed E-state index contributed by atoms with van der Waals surface area (Å²) in [7, 11) is 0. The SMILES string of the molecule is CC[C@H](N)C(=O)NCc1ccc([N+](=O)[O-])cc1. The Kier molecular flexibility index (Phi) is 4.59. The number of nitrogens with two attached hydrogens (primary N) is 1. The van der Waals surface area contributed by atoms with Gasteiger partial charge in [-0.3, -0.25) is 14.9 Å². The van der Waals surface area contributed by atoms with Gasteiger partial charge in [-0.05, 0) is 12.0 Å². The third-order valence-electron chi connectivity index (χ3n) is 2.39. The lowest BCUT2D eigenvalue weighted by Crippen LogP contribution is -2.39. The fourth-order valence-corrected chi connectivity index (χ4v) is 1.24. The molecule has 1 atom stereocenters. The molecule has 0 bridgehead atoms. The van der Waals surface area contributed by atoms with E-state index in [9.17, 15) is 14.9 Å². The highest BCUT2D eigenvalue weighted by molar-refractivity contribution is 5.81. The van der Waals surface area contributed by atoms with E-state index < -0.39 is 11.0 Å². The highest BCUT2D eigenvalue weighted by Gasteiger charge is 2.10. The zero-order valence-corrected chi connectivity index (χ0v) is 9.55. The summed E-state index contributed by atoms with van der Waals surface area (Å²) in [6, 6.07) is 5.52. The Morgan fingerprint density at radius 2 is 2.06 bits per heavy atom. The van der Waals surface area contributed by atoms with Crippen LogP contribution in [0, 0.1) is 10.1 Å². The normalized spacial score (nSPS) is 11.9. The van der Waals surface area contributed by atoms with E-state index in [0.717, 1.165) is 5.56 Å². The van der Waals surface area contributed by atoms with E-state index in [1.165, 1.54) is 12.1 Å². The first-order valence-corrected chi connectivity index (χ1v) is 5.31. The van der Waals surface area contributed by atoms with Crippen molar-refractivity contribution in [2.45, 2.75) is 25.9 Å². The van der Waals surface area contributed by atoms with E-state index in [2.05, 4.69) is 5.32 Å². The number of hydrogen-bond donors (Lipinski definition) is 2. The topological polar surface area (TPSA) is 98.3 Å². The number of nitrogens with one attached hydrogen (secondary N) is 1. The van der Waals surface area contributed by atoms with Crippen molar-refractivity contribution in [1.82, 2.24) is 5.32 Å². The number of hydrogen-bond acceptors (Lipinski definition) is 4. The molecule has 0 heterocycles. The molecule has 1 amide bonds. The lowest BCUT2D eigenvalue weighted by molar-refractivity contribution is -0.384. The molecule has 0 aliphatic carbocycles. The number of nitro groups is 1. The van der Waals surface area contributed by atoms with Crippen LogP contribution in [0.15, 0.2) is 24.3 Å². The fraction of sp³-hybridized carbons (Fsp3) is 0.364. The van der Waals surface area contributed by atoms with E-state index >= 15 is 0 Å². The molecule has 0 saturated carbocycles. The molecule has 0 aliphatic rings. The van der Waals surface area contributed by atoms with Gasteiger partial charge in [0.1, 0.15) is 0 Å². The quantitative estimate of drug-likeness (QED) is 0.588. The van der Waals surface area contributed by atoms with Crippen molar-refractivity contribution >= 4 is 11.6 Å². The standard InChI is InChI=1S/C11H15N3O3/c1-2-10(12)11(15)13-7-8-3-5-9(6-4-8)14(16)17/h3-6,10H,2,7,12H2,1H3,(H,13,15)/t10-/m0/s1. The summed E-state index contributed by atoms with van der Waals surface area (Å²) < 4.78 is 0. The van der Waals surface area contributed by atoms with E-state index in [-0.39, 0.29) is 11.6 Å². The molecule has 0 radical (unpaired) electrons. The van der Waals surface area contributed by atoms with E-state index in [1.54, 1.807) is 12.1 Å². The zero-order chi connectivity index (χ0) is 12.8. The first-order chi connectivity index (χ1) is 8.04. The average Bonchev–Trinajstić information content (AvgIpc) is 2.35. The maximum atomic E-state index is 11.4. The van der Waals surface area contributed by atoms with Crippen LogP contribution in [0.4, 0.5) is 5.69 Å². The van der Waals surface area contributed by atoms with Crippen molar-refractivity contribution in [1.29, 1.82) is 0 Å². The molecule has 1 rings (SSSR count). The minimum atomic E-state index is -0.506. The van der Waals surface area contributed by atoms with Gasteiger partial charge in [0.15, 0.2) is 0 Å². The van der Waals surface area contributed by atoms with E-state index in [4.69, 9.17) is 5.73 Å². The summed E-state index contributed by atoms with van der Waals surface area (Å²) >= 11 is 0. The lowest BCUT2D eigenvalue weighted by Gasteiger charge is -2.09. The molecule has 0 spiro atoms. The minimum Gasteiger partial charge on any atom is -0.351 e. The van der Waals surface area contributed by atoms with Crippen molar-refractivity contribution < 1.29 is 9.72 Å². The molecule has 6 nitrogen and oxygen atoms in total. The minimum absolute atomic E-state index is 0.0327. The molecule has 1 aromatic carbocycles. The predicted octanol–water partition coefficient (Wildman–Crippen LogP) is 0.948. The first-order valence-electron chi connectivity index (χ1n) is 5.31. The Morgan fingerprint density at radius 1 is 1.47 bits per heavy atom. The van der Waals surface area contributed by atoms with Crippen LogP contribution in [0.2, 0.25) is 0 Å². The smallest absolute Gasteiger partial charge is 0.269 e. The van der Waals surface area contributed by atoms with Crippen LogP contribution >= 0.6 is 0 Å². The number of carbonyl (C=O) groups excluding carboxylic acids is 1. The maximum Gasteiger partial charge on any atom is 0.269 e. The van der Waals surface area contributed by atoms with Gasteiger partial charge in [-0.15, -0.1) is 0 Å². The Labute approximate surface area is 99.0 Å². The second-order valence-corrected chi connectivity index (χ2v) is 3.66.